The SMILES string of the molecule is Nc1ncnc(NCc2ccc(-c3cccc(F)c3)cc2)n1. The van der Waals surface area contributed by atoms with E-state index in [0.29, 0.717) is 12.5 Å². The van der Waals surface area contributed by atoms with Crippen molar-refractivity contribution in [2.75, 3.05) is 11.1 Å². The standard InChI is InChI=1S/C16H14FN5/c17-14-3-1-2-13(8-14)12-6-4-11(5-7-12)9-19-16-21-10-20-15(18)22-16/h1-8,10H,9H2,(H3,18,19,20,21,22). The number of nitrogen functional groups attached to an aromatic ring is 1. The minimum Gasteiger partial charge on any atom is -0.368 e. The number of rotatable bonds is 4. The molecule has 0 aliphatic rings. The normalized spacial score (nSPS) is 10.4. The Morgan fingerprint density at radius 2 is 1.82 bits per heavy atom. The molecule has 0 unspecified atom stereocenters. The molecule has 0 bridgehead atoms. The summed E-state index contributed by atoms with van der Waals surface area (Å²) in [6.07, 6.45) is 1.36. The summed E-state index contributed by atoms with van der Waals surface area (Å²) in [5.74, 6) is 0.372. The first kappa shape index (κ1) is 13.9. The van der Waals surface area contributed by atoms with Crippen molar-refractivity contribution in [3.05, 3.63) is 66.2 Å². The minimum atomic E-state index is -0.240. The Bertz CT molecular complexity index is 773. The molecule has 1 aromatic heterocycles. The van der Waals surface area contributed by atoms with Gasteiger partial charge in [-0.3, -0.25) is 0 Å². The van der Waals surface area contributed by atoms with Crippen LogP contribution in [0.25, 0.3) is 11.1 Å². The third-order valence-electron chi connectivity index (χ3n) is 3.15. The highest BCUT2D eigenvalue weighted by molar-refractivity contribution is 5.63. The topological polar surface area (TPSA) is 76.7 Å². The molecule has 0 fully saturated rings. The summed E-state index contributed by atoms with van der Waals surface area (Å²) in [6.45, 7) is 0.562. The second kappa shape index (κ2) is 6.17. The second-order valence-electron chi connectivity index (χ2n) is 4.73. The van der Waals surface area contributed by atoms with Crippen molar-refractivity contribution >= 4 is 11.9 Å². The van der Waals surface area contributed by atoms with Gasteiger partial charge in [-0.1, -0.05) is 36.4 Å². The van der Waals surface area contributed by atoms with Crippen LogP contribution in [0.4, 0.5) is 16.3 Å². The number of nitrogens with one attached hydrogen (secondary N) is 1. The lowest BCUT2D eigenvalue weighted by Crippen LogP contribution is -2.06. The Hall–Kier alpha value is -3.02. The van der Waals surface area contributed by atoms with E-state index in [1.54, 1.807) is 6.07 Å². The molecular formula is C16H14FN5. The molecule has 0 saturated heterocycles. The van der Waals surface area contributed by atoms with Crippen molar-refractivity contribution in [2.45, 2.75) is 6.54 Å². The van der Waals surface area contributed by atoms with E-state index in [0.717, 1.165) is 16.7 Å². The number of hydrogen-bond acceptors (Lipinski definition) is 5. The third-order valence-corrected chi connectivity index (χ3v) is 3.15. The van der Waals surface area contributed by atoms with Gasteiger partial charge in [-0.2, -0.15) is 4.98 Å². The van der Waals surface area contributed by atoms with E-state index in [9.17, 15) is 4.39 Å². The van der Waals surface area contributed by atoms with Gasteiger partial charge in [-0.05, 0) is 28.8 Å². The van der Waals surface area contributed by atoms with E-state index in [2.05, 4.69) is 20.3 Å². The predicted molar refractivity (Wildman–Crippen MR) is 83.4 cm³/mol. The van der Waals surface area contributed by atoms with Crippen molar-refractivity contribution in [3.8, 4) is 11.1 Å². The molecule has 0 amide bonds. The lowest BCUT2D eigenvalue weighted by Gasteiger charge is -2.06. The maximum Gasteiger partial charge on any atom is 0.227 e. The molecule has 0 radical (unpaired) electrons. The first-order chi connectivity index (χ1) is 10.7. The zero-order valence-electron chi connectivity index (χ0n) is 11.7. The molecule has 0 aliphatic heterocycles. The molecule has 0 spiro atoms. The van der Waals surface area contributed by atoms with Crippen molar-refractivity contribution in [1.29, 1.82) is 0 Å². The van der Waals surface area contributed by atoms with E-state index < -0.39 is 0 Å². The Labute approximate surface area is 127 Å². The number of halogens is 1. The Morgan fingerprint density at radius 1 is 1.00 bits per heavy atom. The highest BCUT2D eigenvalue weighted by Crippen LogP contribution is 2.20. The first-order valence-electron chi connectivity index (χ1n) is 6.74. The summed E-state index contributed by atoms with van der Waals surface area (Å²) in [4.78, 5) is 11.7. The van der Waals surface area contributed by atoms with Crippen molar-refractivity contribution in [3.63, 3.8) is 0 Å². The van der Waals surface area contributed by atoms with Crippen LogP contribution in [0.5, 0.6) is 0 Å². The molecule has 3 aromatic rings. The molecule has 3 N–H and O–H groups in total. The van der Waals surface area contributed by atoms with E-state index in [-0.39, 0.29) is 11.8 Å². The Morgan fingerprint density at radius 3 is 2.55 bits per heavy atom. The molecule has 22 heavy (non-hydrogen) atoms. The van der Waals surface area contributed by atoms with Gasteiger partial charge in [0, 0.05) is 6.54 Å². The van der Waals surface area contributed by atoms with Gasteiger partial charge in [0.25, 0.3) is 0 Å². The van der Waals surface area contributed by atoms with Gasteiger partial charge < -0.3 is 11.1 Å². The summed E-state index contributed by atoms with van der Waals surface area (Å²) in [6, 6.07) is 14.4. The lowest BCUT2D eigenvalue weighted by molar-refractivity contribution is 0.628. The molecule has 2 aromatic carbocycles. The maximum atomic E-state index is 13.2. The number of nitrogens with two attached hydrogens (primary N) is 1. The quantitative estimate of drug-likeness (QED) is 0.774. The zero-order chi connectivity index (χ0) is 15.4. The smallest absolute Gasteiger partial charge is 0.227 e. The fourth-order valence-electron chi connectivity index (χ4n) is 2.06. The molecule has 0 saturated carbocycles. The highest BCUT2D eigenvalue weighted by Gasteiger charge is 2.01. The molecule has 0 atom stereocenters. The summed E-state index contributed by atoms with van der Waals surface area (Å²) in [5, 5.41) is 3.07. The van der Waals surface area contributed by atoms with Gasteiger partial charge in [-0.25, -0.2) is 14.4 Å². The van der Waals surface area contributed by atoms with Crippen LogP contribution in [0.3, 0.4) is 0 Å². The zero-order valence-corrected chi connectivity index (χ0v) is 11.7. The monoisotopic (exact) mass is 295 g/mol. The van der Waals surface area contributed by atoms with Gasteiger partial charge in [0.2, 0.25) is 11.9 Å². The molecule has 1 heterocycles. The lowest BCUT2D eigenvalue weighted by atomic mass is 10.0. The molecular weight excluding hydrogens is 281 g/mol. The molecule has 5 nitrogen and oxygen atoms in total. The van der Waals surface area contributed by atoms with E-state index >= 15 is 0 Å². The summed E-state index contributed by atoms with van der Waals surface area (Å²) in [7, 11) is 0. The van der Waals surface area contributed by atoms with Gasteiger partial charge in [0.15, 0.2) is 0 Å². The van der Waals surface area contributed by atoms with E-state index in [4.69, 9.17) is 5.73 Å². The third kappa shape index (κ3) is 3.35. The van der Waals surface area contributed by atoms with E-state index in [1.807, 2.05) is 30.3 Å². The number of aromatic nitrogens is 3. The van der Waals surface area contributed by atoms with Crippen LogP contribution in [0, 0.1) is 5.82 Å². The van der Waals surface area contributed by atoms with Crippen LogP contribution in [-0.2, 0) is 6.54 Å². The van der Waals surface area contributed by atoms with Crippen molar-refractivity contribution in [1.82, 2.24) is 15.0 Å². The fourth-order valence-corrected chi connectivity index (χ4v) is 2.06. The molecule has 6 heteroatoms. The number of hydrogen-bond donors (Lipinski definition) is 2. The first-order valence-corrected chi connectivity index (χ1v) is 6.74. The Kier molecular flexibility index (Phi) is 3.91. The minimum absolute atomic E-state index is 0.180. The number of anilines is 2. The van der Waals surface area contributed by atoms with Gasteiger partial charge >= 0.3 is 0 Å². The van der Waals surface area contributed by atoms with Crippen LogP contribution < -0.4 is 11.1 Å². The largest absolute Gasteiger partial charge is 0.368 e. The number of benzene rings is 2. The average molecular weight is 295 g/mol. The molecule has 110 valence electrons. The summed E-state index contributed by atoms with van der Waals surface area (Å²) < 4.78 is 13.2. The maximum absolute atomic E-state index is 13.2. The fraction of sp³-hybridized carbons (Fsp3) is 0.0625. The van der Waals surface area contributed by atoms with Crippen LogP contribution in [-0.4, -0.2) is 15.0 Å². The van der Waals surface area contributed by atoms with Crippen LogP contribution in [0.15, 0.2) is 54.9 Å². The van der Waals surface area contributed by atoms with Gasteiger partial charge in [0.1, 0.15) is 12.1 Å². The number of nitrogens with zero attached hydrogens (tertiary/aromatic N) is 3. The summed E-state index contributed by atoms with van der Waals surface area (Å²) in [5.41, 5.74) is 8.36. The van der Waals surface area contributed by atoms with Gasteiger partial charge in [-0.15, -0.1) is 0 Å². The Balaban J connectivity index is 1.69. The highest BCUT2D eigenvalue weighted by atomic mass is 19.1. The van der Waals surface area contributed by atoms with Gasteiger partial charge in [0.05, 0.1) is 0 Å². The second-order valence-corrected chi connectivity index (χ2v) is 4.73. The summed E-state index contributed by atoms with van der Waals surface area (Å²) >= 11 is 0. The van der Waals surface area contributed by atoms with Crippen LogP contribution >= 0.6 is 0 Å². The van der Waals surface area contributed by atoms with E-state index in [1.165, 1.54) is 18.5 Å². The van der Waals surface area contributed by atoms with Crippen molar-refractivity contribution < 1.29 is 4.39 Å². The van der Waals surface area contributed by atoms with Crippen LogP contribution in [0.2, 0.25) is 0 Å². The molecule has 3 rings (SSSR count). The van der Waals surface area contributed by atoms with Crippen molar-refractivity contribution in [2.24, 2.45) is 0 Å². The van der Waals surface area contributed by atoms with Crippen LogP contribution in [0.1, 0.15) is 5.56 Å². The molecule has 0 aliphatic carbocycles. The average Bonchev–Trinajstić information content (AvgIpc) is 2.54. The predicted octanol–water partition coefficient (Wildman–Crippen LogP) is 2.87.